The summed E-state index contributed by atoms with van der Waals surface area (Å²) in [4.78, 5) is 11.9. The second kappa shape index (κ2) is 5.07. The summed E-state index contributed by atoms with van der Waals surface area (Å²) in [5, 5.41) is 0. The van der Waals surface area contributed by atoms with E-state index in [1.165, 1.54) is 12.1 Å². The summed E-state index contributed by atoms with van der Waals surface area (Å²) in [6.07, 6.45) is -5.28. The highest BCUT2D eigenvalue weighted by molar-refractivity contribution is 5.99. The summed E-state index contributed by atoms with van der Waals surface area (Å²) in [7, 11) is 0. The molecule has 18 heavy (non-hydrogen) atoms. The molecule has 1 heterocycles. The van der Waals surface area contributed by atoms with Gasteiger partial charge in [0.1, 0.15) is 6.10 Å². The highest BCUT2D eigenvalue weighted by atomic mass is 19.4. The molecule has 3 nitrogen and oxygen atoms in total. The van der Waals surface area contributed by atoms with E-state index in [4.69, 9.17) is 9.47 Å². The molecule has 0 N–H and O–H groups in total. The van der Waals surface area contributed by atoms with Crippen LogP contribution in [0.4, 0.5) is 13.2 Å². The average Bonchev–Trinajstić information content (AvgIpc) is 2.38. The van der Waals surface area contributed by atoms with Crippen LogP contribution in [0.3, 0.4) is 0 Å². The number of ketones is 1. The Bertz CT molecular complexity index is 436. The van der Waals surface area contributed by atoms with Crippen LogP contribution in [0, 0.1) is 0 Å². The lowest BCUT2D eigenvalue weighted by Crippen LogP contribution is -2.35. The molecule has 1 atom stereocenters. The molecule has 1 aliphatic heterocycles. The van der Waals surface area contributed by atoms with E-state index in [9.17, 15) is 18.0 Å². The Kier molecular flexibility index (Phi) is 3.68. The molecule has 0 aliphatic carbocycles. The highest BCUT2D eigenvalue weighted by Gasteiger charge is 2.32. The molecule has 1 aromatic rings. The molecule has 98 valence electrons. The fourth-order valence-electron chi connectivity index (χ4n) is 1.67. The van der Waals surface area contributed by atoms with Gasteiger partial charge in [0.15, 0.2) is 5.78 Å². The van der Waals surface area contributed by atoms with Crippen molar-refractivity contribution in [2.24, 2.45) is 0 Å². The minimum Gasteiger partial charge on any atom is -0.376 e. The van der Waals surface area contributed by atoms with Gasteiger partial charge < -0.3 is 9.47 Å². The van der Waals surface area contributed by atoms with E-state index in [2.05, 4.69) is 0 Å². The fraction of sp³-hybridized carbons (Fsp3) is 0.417. The van der Waals surface area contributed by atoms with Crippen LogP contribution >= 0.6 is 0 Å². The third-order valence-corrected chi connectivity index (χ3v) is 2.58. The summed E-state index contributed by atoms with van der Waals surface area (Å²) >= 11 is 0. The van der Waals surface area contributed by atoms with Crippen molar-refractivity contribution in [3.63, 3.8) is 0 Å². The van der Waals surface area contributed by atoms with Crippen LogP contribution < -0.4 is 0 Å². The predicted octanol–water partition coefficient (Wildman–Crippen LogP) is 2.30. The van der Waals surface area contributed by atoms with E-state index < -0.39 is 23.6 Å². The number of carbonyl (C=O) groups excluding carboxylic acids is 1. The van der Waals surface area contributed by atoms with E-state index in [0.717, 1.165) is 12.1 Å². The number of Topliss-reactive ketones (excluding diaryl/α,β-unsaturated/α-hetero) is 1. The Balaban J connectivity index is 2.20. The second-order valence-electron chi connectivity index (χ2n) is 3.88. The van der Waals surface area contributed by atoms with Crippen molar-refractivity contribution in [2.45, 2.75) is 12.3 Å². The molecular weight excluding hydrogens is 249 g/mol. The molecule has 0 radical (unpaired) electrons. The Hall–Kier alpha value is -1.40. The maximum atomic E-state index is 12.5. The SMILES string of the molecule is O=C(c1cccc(C(F)(F)F)c1)C1COCCO1. The second-order valence-corrected chi connectivity index (χ2v) is 3.88. The van der Waals surface area contributed by atoms with Gasteiger partial charge in [-0.3, -0.25) is 4.79 Å². The maximum absolute atomic E-state index is 12.5. The third kappa shape index (κ3) is 2.88. The molecule has 2 rings (SSSR count). The summed E-state index contributed by atoms with van der Waals surface area (Å²) in [5.74, 6) is -0.485. The van der Waals surface area contributed by atoms with Crippen molar-refractivity contribution < 1.29 is 27.4 Å². The topological polar surface area (TPSA) is 35.5 Å². The lowest BCUT2D eigenvalue weighted by atomic mass is 10.0. The molecule has 1 unspecified atom stereocenters. The molecule has 0 amide bonds. The molecule has 6 heteroatoms. The molecule has 0 aromatic heterocycles. The Morgan fingerprint density at radius 1 is 1.28 bits per heavy atom. The van der Waals surface area contributed by atoms with Gasteiger partial charge in [0.25, 0.3) is 0 Å². The van der Waals surface area contributed by atoms with Crippen LogP contribution in [0.5, 0.6) is 0 Å². The normalized spacial score (nSPS) is 20.7. The van der Waals surface area contributed by atoms with E-state index in [1.54, 1.807) is 0 Å². The van der Waals surface area contributed by atoms with Crippen molar-refractivity contribution >= 4 is 5.78 Å². The molecule has 0 spiro atoms. The zero-order valence-electron chi connectivity index (χ0n) is 9.37. The first-order valence-corrected chi connectivity index (χ1v) is 5.39. The minimum atomic E-state index is -4.46. The van der Waals surface area contributed by atoms with Gasteiger partial charge in [0.05, 0.1) is 25.4 Å². The van der Waals surface area contributed by atoms with Crippen molar-refractivity contribution in [3.8, 4) is 0 Å². The number of hydrogen-bond acceptors (Lipinski definition) is 3. The van der Waals surface area contributed by atoms with Crippen LogP contribution in [0.1, 0.15) is 15.9 Å². The Morgan fingerprint density at radius 3 is 2.67 bits per heavy atom. The number of alkyl halides is 3. The summed E-state index contributed by atoms with van der Waals surface area (Å²) in [5.41, 5.74) is -0.856. The molecule has 0 bridgehead atoms. The van der Waals surface area contributed by atoms with Crippen molar-refractivity contribution in [1.82, 2.24) is 0 Å². The Morgan fingerprint density at radius 2 is 2.06 bits per heavy atom. The fourth-order valence-corrected chi connectivity index (χ4v) is 1.67. The van der Waals surface area contributed by atoms with Gasteiger partial charge in [-0.1, -0.05) is 12.1 Å². The quantitative estimate of drug-likeness (QED) is 0.765. The van der Waals surface area contributed by atoms with Gasteiger partial charge in [-0.15, -0.1) is 0 Å². The summed E-state index contributed by atoms with van der Waals surface area (Å²) in [6, 6.07) is 4.31. The zero-order chi connectivity index (χ0) is 13.2. The number of ether oxygens (including phenoxy) is 2. The predicted molar refractivity (Wildman–Crippen MR) is 56.3 cm³/mol. The largest absolute Gasteiger partial charge is 0.416 e. The van der Waals surface area contributed by atoms with Crippen molar-refractivity contribution in [2.75, 3.05) is 19.8 Å². The van der Waals surface area contributed by atoms with Crippen molar-refractivity contribution in [3.05, 3.63) is 35.4 Å². The molecule has 1 aromatic carbocycles. The number of rotatable bonds is 2. The first-order valence-electron chi connectivity index (χ1n) is 5.39. The molecule has 1 fully saturated rings. The van der Waals surface area contributed by atoms with Gasteiger partial charge in [-0.25, -0.2) is 0 Å². The van der Waals surface area contributed by atoms with E-state index in [0.29, 0.717) is 6.61 Å². The van der Waals surface area contributed by atoms with Crippen LogP contribution in [0.2, 0.25) is 0 Å². The van der Waals surface area contributed by atoms with Gasteiger partial charge in [-0.2, -0.15) is 13.2 Å². The van der Waals surface area contributed by atoms with E-state index >= 15 is 0 Å². The smallest absolute Gasteiger partial charge is 0.376 e. The minimum absolute atomic E-state index is 0.0136. The van der Waals surface area contributed by atoms with Crippen molar-refractivity contribution in [1.29, 1.82) is 0 Å². The van der Waals surface area contributed by atoms with E-state index in [1.807, 2.05) is 0 Å². The van der Waals surface area contributed by atoms with Crippen LogP contribution in [0.15, 0.2) is 24.3 Å². The number of carbonyl (C=O) groups is 1. The van der Waals surface area contributed by atoms with Gasteiger partial charge in [-0.05, 0) is 12.1 Å². The van der Waals surface area contributed by atoms with Gasteiger partial charge >= 0.3 is 6.18 Å². The first kappa shape index (κ1) is 13.0. The average molecular weight is 260 g/mol. The first-order chi connectivity index (χ1) is 8.48. The lowest BCUT2D eigenvalue weighted by Gasteiger charge is -2.22. The van der Waals surface area contributed by atoms with Crippen LogP contribution in [-0.4, -0.2) is 31.7 Å². The summed E-state index contributed by atoms with van der Waals surface area (Å²) in [6.45, 7) is 0.747. The number of benzene rings is 1. The zero-order valence-corrected chi connectivity index (χ0v) is 9.37. The Labute approximate surface area is 102 Å². The highest BCUT2D eigenvalue weighted by Crippen LogP contribution is 2.29. The van der Waals surface area contributed by atoms with Crippen LogP contribution in [0.25, 0.3) is 0 Å². The van der Waals surface area contributed by atoms with Gasteiger partial charge in [0, 0.05) is 5.56 Å². The third-order valence-electron chi connectivity index (χ3n) is 2.58. The van der Waals surface area contributed by atoms with Crippen LogP contribution in [-0.2, 0) is 15.7 Å². The summed E-state index contributed by atoms with van der Waals surface area (Å²) < 4.78 is 47.7. The molecular formula is C12H11F3O3. The maximum Gasteiger partial charge on any atom is 0.416 e. The van der Waals surface area contributed by atoms with Gasteiger partial charge in [0.2, 0.25) is 0 Å². The molecule has 1 saturated heterocycles. The standard InChI is InChI=1S/C12H11F3O3/c13-12(14,15)9-3-1-2-8(6-9)11(16)10-7-17-4-5-18-10/h1-3,6,10H,4-5,7H2. The monoisotopic (exact) mass is 260 g/mol. The molecule has 1 aliphatic rings. The lowest BCUT2D eigenvalue weighted by molar-refractivity contribution is -0.137. The number of hydrogen-bond donors (Lipinski definition) is 0. The number of halogens is 3. The van der Waals surface area contributed by atoms with E-state index in [-0.39, 0.29) is 18.8 Å². The molecule has 0 saturated carbocycles.